The van der Waals surface area contributed by atoms with Crippen LogP contribution in [0.2, 0.25) is 0 Å². The van der Waals surface area contributed by atoms with Gasteiger partial charge in [0.05, 0.1) is 37.1 Å². The van der Waals surface area contributed by atoms with Gasteiger partial charge in [-0.1, -0.05) is 29.5 Å². The SMILES string of the molecule is COc1ccc(C(O)=C2C(=O)C(=O)N(c3nc4ccc(OC)cc4s3)[C@@H]2c2ccccc2OC)cc1. The molecule has 182 valence electrons. The van der Waals surface area contributed by atoms with Crippen LogP contribution in [0.4, 0.5) is 5.13 Å². The van der Waals surface area contributed by atoms with E-state index < -0.39 is 17.7 Å². The van der Waals surface area contributed by atoms with Crippen LogP contribution in [0.3, 0.4) is 0 Å². The van der Waals surface area contributed by atoms with E-state index in [1.54, 1.807) is 67.8 Å². The lowest BCUT2D eigenvalue weighted by atomic mass is 9.94. The van der Waals surface area contributed by atoms with Gasteiger partial charge in [-0.15, -0.1) is 0 Å². The number of aliphatic hydroxyl groups excluding tert-OH is 1. The Bertz CT molecular complexity index is 1510. The smallest absolute Gasteiger partial charge is 0.301 e. The fourth-order valence-corrected chi connectivity index (χ4v) is 5.26. The molecule has 0 unspecified atom stereocenters. The minimum Gasteiger partial charge on any atom is -0.507 e. The molecule has 1 aliphatic rings. The summed E-state index contributed by atoms with van der Waals surface area (Å²) in [5.41, 5.74) is 1.53. The van der Waals surface area contributed by atoms with Gasteiger partial charge in [-0.25, -0.2) is 4.98 Å². The molecule has 3 aromatic carbocycles. The molecular formula is C27H22N2O6S. The molecule has 4 aromatic rings. The van der Waals surface area contributed by atoms with Crippen molar-refractivity contribution in [2.75, 3.05) is 26.2 Å². The van der Waals surface area contributed by atoms with E-state index in [0.717, 1.165) is 4.70 Å². The number of aliphatic hydroxyl groups is 1. The van der Waals surface area contributed by atoms with Gasteiger partial charge >= 0.3 is 5.91 Å². The number of methoxy groups -OCH3 is 3. The van der Waals surface area contributed by atoms with Crippen molar-refractivity contribution >= 4 is 44.1 Å². The van der Waals surface area contributed by atoms with Crippen LogP contribution in [0.15, 0.2) is 72.3 Å². The third-order valence-electron chi connectivity index (χ3n) is 6.03. The van der Waals surface area contributed by atoms with E-state index in [2.05, 4.69) is 4.98 Å². The summed E-state index contributed by atoms with van der Waals surface area (Å²) in [4.78, 5) is 32.8. The van der Waals surface area contributed by atoms with Gasteiger partial charge in [0.2, 0.25) is 0 Å². The monoisotopic (exact) mass is 502 g/mol. The van der Waals surface area contributed by atoms with E-state index in [9.17, 15) is 14.7 Å². The van der Waals surface area contributed by atoms with E-state index in [1.165, 1.54) is 30.5 Å². The minimum atomic E-state index is -0.953. The summed E-state index contributed by atoms with van der Waals surface area (Å²) in [6.45, 7) is 0. The van der Waals surface area contributed by atoms with E-state index in [4.69, 9.17) is 14.2 Å². The van der Waals surface area contributed by atoms with Crippen LogP contribution in [0.25, 0.3) is 16.0 Å². The van der Waals surface area contributed by atoms with E-state index >= 15 is 0 Å². The molecule has 0 saturated carbocycles. The summed E-state index contributed by atoms with van der Waals surface area (Å²) in [6.07, 6.45) is 0. The molecular weight excluding hydrogens is 480 g/mol. The Morgan fingerprint density at radius 3 is 2.31 bits per heavy atom. The molecule has 1 saturated heterocycles. The van der Waals surface area contributed by atoms with Crippen LogP contribution in [-0.4, -0.2) is 43.1 Å². The number of ether oxygens (including phenoxy) is 3. The van der Waals surface area contributed by atoms with Gasteiger partial charge in [0.1, 0.15) is 29.0 Å². The van der Waals surface area contributed by atoms with E-state index in [-0.39, 0.29) is 11.3 Å². The normalized spacial score (nSPS) is 17.0. The fraction of sp³-hybridized carbons (Fsp3) is 0.148. The first-order chi connectivity index (χ1) is 17.5. The quantitative estimate of drug-likeness (QED) is 0.226. The van der Waals surface area contributed by atoms with Crippen molar-refractivity contribution in [2.45, 2.75) is 6.04 Å². The molecule has 9 heteroatoms. The van der Waals surface area contributed by atoms with Crippen molar-refractivity contribution in [3.63, 3.8) is 0 Å². The van der Waals surface area contributed by atoms with Crippen LogP contribution < -0.4 is 19.1 Å². The van der Waals surface area contributed by atoms with E-state index in [0.29, 0.717) is 39.0 Å². The number of Topliss-reactive ketones (excluding diaryl/α,β-unsaturated/α-hetero) is 1. The molecule has 0 bridgehead atoms. The van der Waals surface area contributed by atoms with Crippen molar-refractivity contribution in [1.82, 2.24) is 4.98 Å². The number of thiazole rings is 1. The number of anilines is 1. The summed E-state index contributed by atoms with van der Waals surface area (Å²) < 4.78 is 16.9. The molecule has 1 fully saturated rings. The van der Waals surface area contributed by atoms with Gasteiger partial charge < -0.3 is 19.3 Å². The average Bonchev–Trinajstić information content (AvgIpc) is 3.45. The lowest BCUT2D eigenvalue weighted by molar-refractivity contribution is -0.132. The lowest BCUT2D eigenvalue weighted by Gasteiger charge is -2.24. The predicted molar refractivity (Wildman–Crippen MR) is 137 cm³/mol. The average molecular weight is 503 g/mol. The number of rotatable bonds is 6. The number of hydrogen-bond donors (Lipinski definition) is 1. The molecule has 1 amide bonds. The number of aromatic nitrogens is 1. The van der Waals surface area contributed by atoms with Crippen molar-refractivity contribution in [3.8, 4) is 17.2 Å². The first kappa shape index (κ1) is 23.4. The number of nitrogens with zero attached hydrogens (tertiary/aromatic N) is 2. The first-order valence-electron chi connectivity index (χ1n) is 11.0. The number of hydrogen-bond acceptors (Lipinski definition) is 8. The molecule has 8 nitrogen and oxygen atoms in total. The Morgan fingerprint density at radius 2 is 1.61 bits per heavy atom. The topological polar surface area (TPSA) is 98.2 Å². The fourth-order valence-electron chi connectivity index (χ4n) is 4.24. The largest absolute Gasteiger partial charge is 0.507 e. The number of ketones is 1. The van der Waals surface area contributed by atoms with Crippen molar-refractivity contribution in [1.29, 1.82) is 0 Å². The number of carbonyl (C=O) groups is 2. The molecule has 1 aliphatic heterocycles. The van der Waals surface area contributed by atoms with Gasteiger partial charge in [-0.2, -0.15) is 0 Å². The third-order valence-corrected chi connectivity index (χ3v) is 7.05. The number of amides is 1. The van der Waals surface area contributed by atoms with Crippen molar-refractivity contribution in [2.24, 2.45) is 0 Å². The second-order valence-corrected chi connectivity index (χ2v) is 8.98. The second kappa shape index (κ2) is 9.35. The Balaban J connectivity index is 1.73. The standard InChI is InChI=1S/C27H22N2O6S/c1-33-16-10-8-15(9-11-16)24(30)22-23(18-6-4-5-7-20(18)35-3)29(26(32)25(22)31)27-28-19-13-12-17(34-2)14-21(19)36-27/h4-14,23,30H,1-3H3/t23-/m1/s1. The highest BCUT2D eigenvalue weighted by Gasteiger charge is 2.49. The zero-order chi connectivity index (χ0) is 25.4. The van der Waals surface area contributed by atoms with Gasteiger partial charge in [0.25, 0.3) is 5.78 Å². The molecule has 1 aromatic heterocycles. The second-order valence-electron chi connectivity index (χ2n) is 7.97. The zero-order valence-corrected chi connectivity index (χ0v) is 20.5. The Kier molecular flexibility index (Phi) is 6.07. The molecule has 0 spiro atoms. The minimum absolute atomic E-state index is 0.0495. The van der Waals surface area contributed by atoms with Crippen LogP contribution in [0.5, 0.6) is 17.2 Å². The van der Waals surface area contributed by atoms with Crippen LogP contribution in [0, 0.1) is 0 Å². The van der Waals surface area contributed by atoms with Gasteiger partial charge in [0, 0.05) is 11.1 Å². The number of benzene rings is 3. The van der Waals surface area contributed by atoms with Crippen molar-refractivity contribution < 1.29 is 28.9 Å². The summed E-state index contributed by atoms with van der Waals surface area (Å²) in [5.74, 6) is -0.170. The van der Waals surface area contributed by atoms with Gasteiger partial charge in [-0.05, 0) is 48.5 Å². The summed E-state index contributed by atoms with van der Waals surface area (Å²) >= 11 is 1.26. The predicted octanol–water partition coefficient (Wildman–Crippen LogP) is 4.95. The van der Waals surface area contributed by atoms with E-state index in [1.807, 2.05) is 6.07 Å². The lowest BCUT2D eigenvalue weighted by Crippen LogP contribution is -2.29. The highest BCUT2D eigenvalue weighted by molar-refractivity contribution is 7.22. The maximum Gasteiger partial charge on any atom is 0.301 e. The number of fused-ring (bicyclic) bond motifs is 1. The molecule has 36 heavy (non-hydrogen) atoms. The van der Waals surface area contributed by atoms with Gasteiger partial charge in [-0.3, -0.25) is 14.5 Å². The van der Waals surface area contributed by atoms with Crippen LogP contribution in [0.1, 0.15) is 17.2 Å². The highest BCUT2D eigenvalue weighted by Crippen LogP contribution is 2.46. The first-order valence-corrected chi connectivity index (χ1v) is 11.8. The number of para-hydroxylation sites is 1. The maximum absolute atomic E-state index is 13.4. The number of carbonyl (C=O) groups excluding carboxylic acids is 2. The molecule has 0 radical (unpaired) electrons. The Hall–Kier alpha value is -4.37. The Morgan fingerprint density at radius 1 is 0.917 bits per heavy atom. The summed E-state index contributed by atoms with van der Waals surface area (Å²) in [6, 6.07) is 18.1. The van der Waals surface area contributed by atoms with Crippen LogP contribution >= 0.6 is 11.3 Å². The maximum atomic E-state index is 13.4. The summed E-state index contributed by atoms with van der Waals surface area (Å²) in [5, 5.41) is 11.6. The molecule has 1 atom stereocenters. The third kappa shape index (κ3) is 3.83. The highest BCUT2D eigenvalue weighted by atomic mass is 32.1. The van der Waals surface area contributed by atoms with Crippen LogP contribution in [-0.2, 0) is 9.59 Å². The summed E-state index contributed by atoms with van der Waals surface area (Å²) in [7, 11) is 4.62. The molecule has 0 aliphatic carbocycles. The molecule has 2 heterocycles. The zero-order valence-electron chi connectivity index (χ0n) is 19.7. The molecule has 5 rings (SSSR count). The van der Waals surface area contributed by atoms with Gasteiger partial charge in [0.15, 0.2) is 5.13 Å². The molecule has 1 N–H and O–H groups in total. The van der Waals surface area contributed by atoms with Crippen molar-refractivity contribution in [3.05, 3.63) is 83.4 Å². The Labute approximate surface area is 211 Å².